The molecule has 106 valence electrons. The summed E-state index contributed by atoms with van der Waals surface area (Å²) in [6.07, 6.45) is 1.81. The molecular formula is C19H14N2O. The van der Waals surface area contributed by atoms with Gasteiger partial charge in [0.2, 0.25) is 0 Å². The van der Waals surface area contributed by atoms with Gasteiger partial charge in [-0.25, -0.2) is 4.98 Å². The third kappa shape index (κ3) is 1.83. The maximum Gasteiger partial charge on any atom is 0.159 e. The highest BCUT2D eigenvalue weighted by molar-refractivity contribution is 6.07. The first-order chi connectivity index (χ1) is 10.8. The van der Waals surface area contributed by atoms with E-state index in [0.29, 0.717) is 0 Å². The zero-order valence-corrected chi connectivity index (χ0v) is 12.2. The monoisotopic (exact) mass is 286 g/mol. The molecule has 0 aliphatic heterocycles. The second-order valence-electron chi connectivity index (χ2n) is 5.33. The van der Waals surface area contributed by atoms with Crippen LogP contribution in [0.4, 0.5) is 0 Å². The van der Waals surface area contributed by atoms with Crippen molar-refractivity contribution in [1.82, 2.24) is 9.55 Å². The van der Waals surface area contributed by atoms with Gasteiger partial charge >= 0.3 is 0 Å². The maximum atomic E-state index is 11.4. The van der Waals surface area contributed by atoms with Crippen molar-refractivity contribution < 1.29 is 4.79 Å². The molecule has 0 spiro atoms. The van der Waals surface area contributed by atoms with Gasteiger partial charge in [0.1, 0.15) is 5.65 Å². The summed E-state index contributed by atoms with van der Waals surface area (Å²) in [7, 11) is 0. The summed E-state index contributed by atoms with van der Waals surface area (Å²) in [5, 5.41) is 2.31. The van der Waals surface area contributed by atoms with Gasteiger partial charge < -0.3 is 0 Å². The van der Waals surface area contributed by atoms with Crippen LogP contribution in [0, 0.1) is 0 Å². The quantitative estimate of drug-likeness (QED) is 0.512. The minimum atomic E-state index is 0.0758. The van der Waals surface area contributed by atoms with Crippen LogP contribution in [0.2, 0.25) is 0 Å². The van der Waals surface area contributed by atoms with E-state index in [2.05, 4.69) is 27.8 Å². The molecule has 0 aliphatic carbocycles. The third-order valence-electron chi connectivity index (χ3n) is 3.97. The van der Waals surface area contributed by atoms with Crippen molar-refractivity contribution in [1.29, 1.82) is 0 Å². The number of rotatable bonds is 2. The molecule has 0 aliphatic rings. The minimum Gasteiger partial charge on any atom is -0.295 e. The van der Waals surface area contributed by atoms with E-state index in [-0.39, 0.29) is 5.78 Å². The number of Topliss-reactive ketones (excluding diaryl/α,β-unsaturated/α-hetero) is 1. The van der Waals surface area contributed by atoms with Crippen molar-refractivity contribution in [3.05, 3.63) is 72.4 Å². The summed E-state index contributed by atoms with van der Waals surface area (Å²) in [5.41, 5.74) is 3.78. The van der Waals surface area contributed by atoms with E-state index in [9.17, 15) is 4.79 Å². The molecule has 22 heavy (non-hydrogen) atoms. The molecule has 0 fully saturated rings. The van der Waals surface area contributed by atoms with Gasteiger partial charge in [-0.05, 0) is 49.4 Å². The molecule has 0 saturated carbocycles. The van der Waals surface area contributed by atoms with Crippen LogP contribution in [-0.2, 0) is 0 Å². The lowest BCUT2D eigenvalue weighted by molar-refractivity contribution is 0.101. The smallest absolute Gasteiger partial charge is 0.159 e. The Labute approximate surface area is 127 Å². The number of pyridine rings is 1. The fourth-order valence-corrected chi connectivity index (χ4v) is 2.90. The van der Waals surface area contributed by atoms with Crippen LogP contribution >= 0.6 is 0 Å². The molecule has 0 N–H and O–H groups in total. The lowest BCUT2D eigenvalue weighted by Gasteiger charge is -2.07. The lowest BCUT2D eigenvalue weighted by Crippen LogP contribution is -1.97. The molecule has 4 aromatic rings. The molecule has 0 unspecified atom stereocenters. The van der Waals surface area contributed by atoms with Gasteiger partial charge in [0.15, 0.2) is 5.78 Å². The van der Waals surface area contributed by atoms with E-state index in [4.69, 9.17) is 0 Å². The Kier molecular flexibility index (Phi) is 2.79. The Morgan fingerprint density at radius 1 is 0.909 bits per heavy atom. The Morgan fingerprint density at radius 2 is 1.64 bits per heavy atom. The van der Waals surface area contributed by atoms with Crippen LogP contribution in [0.1, 0.15) is 17.3 Å². The fraction of sp³-hybridized carbons (Fsp3) is 0.0526. The second kappa shape index (κ2) is 4.81. The SMILES string of the molecule is CC(=O)c1ccc(-n2c3ccccc3c3cccnc32)cc1. The molecule has 0 amide bonds. The number of hydrogen-bond donors (Lipinski definition) is 0. The molecular weight excluding hydrogens is 272 g/mol. The lowest BCUT2D eigenvalue weighted by atomic mass is 10.1. The topological polar surface area (TPSA) is 34.9 Å². The number of hydrogen-bond acceptors (Lipinski definition) is 2. The standard InChI is InChI=1S/C19H14N2O/c1-13(22)14-8-10-15(11-9-14)21-18-7-3-2-5-16(18)17-6-4-12-20-19(17)21/h2-12H,1H3. The van der Waals surface area contributed by atoms with Gasteiger partial charge in [-0.1, -0.05) is 18.2 Å². The van der Waals surface area contributed by atoms with Crippen LogP contribution < -0.4 is 0 Å². The Hall–Kier alpha value is -2.94. The van der Waals surface area contributed by atoms with Crippen molar-refractivity contribution in [3.8, 4) is 5.69 Å². The third-order valence-corrected chi connectivity index (χ3v) is 3.97. The van der Waals surface area contributed by atoms with E-state index >= 15 is 0 Å². The largest absolute Gasteiger partial charge is 0.295 e. The Bertz CT molecular complexity index is 944. The van der Waals surface area contributed by atoms with E-state index < -0.39 is 0 Å². The summed E-state index contributed by atoms with van der Waals surface area (Å²) < 4.78 is 2.13. The molecule has 0 atom stereocenters. The van der Waals surface area contributed by atoms with Crippen molar-refractivity contribution in [3.63, 3.8) is 0 Å². The molecule has 2 aromatic carbocycles. The Morgan fingerprint density at radius 3 is 2.41 bits per heavy atom. The average molecular weight is 286 g/mol. The van der Waals surface area contributed by atoms with Crippen LogP contribution in [-0.4, -0.2) is 15.3 Å². The van der Waals surface area contributed by atoms with Crippen LogP contribution in [0.15, 0.2) is 66.9 Å². The van der Waals surface area contributed by atoms with E-state index in [0.717, 1.165) is 27.8 Å². The van der Waals surface area contributed by atoms with E-state index in [1.54, 1.807) is 6.92 Å². The van der Waals surface area contributed by atoms with Gasteiger partial charge in [0.05, 0.1) is 5.52 Å². The number of carbonyl (C=O) groups excluding carboxylic acids is 1. The molecule has 0 saturated heterocycles. The van der Waals surface area contributed by atoms with Gasteiger partial charge in [0.25, 0.3) is 0 Å². The van der Waals surface area contributed by atoms with Gasteiger partial charge in [0, 0.05) is 28.2 Å². The first-order valence-corrected chi connectivity index (χ1v) is 7.21. The van der Waals surface area contributed by atoms with E-state index in [1.165, 1.54) is 5.39 Å². The maximum absolute atomic E-state index is 11.4. The number of ketones is 1. The summed E-state index contributed by atoms with van der Waals surface area (Å²) in [6.45, 7) is 1.58. The predicted molar refractivity (Wildman–Crippen MR) is 88.6 cm³/mol. The van der Waals surface area contributed by atoms with E-state index in [1.807, 2.05) is 48.7 Å². The highest BCUT2D eigenvalue weighted by Gasteiger charge is 2.12. The fourth-order valence-electron chi connectivity index (χ4n) is 2.90. The van der Waals surface area contributed by atoms with Crippen LogP contribution in [0.3, 0.4) is 0 Å². The zero-order chi connectivity index (χ0) is 15.1. The van der Waals surface area contributed by atoms with Gasteiger partial charge in [-0.15, -0.1) is 0 Å². The van der Waals surface area contributed by atoms with Crippen molar-refractivity contribution in [2.24, 2.45) is 0 Å². The molecule has 2 aromatic heterocycles. The highest BCUT2D eigenvalue weighted by Crippen LogP contribution is 2.30. The molecule has 3 heteroatoms. The number of para-hydroxylation sites is 1. The normalized spacial score (nSPS) is 11.1. The number of carbonyl (C=O) groups is 1. The number of benzene rings is 2. The van der Waals surface area contributed by atoms with Gasteiger partial charge in [-0.2, -0.15) is 0 Å². The molecule has 0 radical (unpaired) electrons. The Balaban J connectivity index is 2.06. The zero-order valence-electron chi connectivity index (χ0n) is 12.2. The molecule has 0 bridgehead atoms. The van der Waals surface area contributed by atoms with Crippen LogP contribution in [0.25, 0.3) is 27.6 Å². The highest BCUT2D eigenvalue weighted by atomic mass is 16.1. The van der Waals surface area contributed by atoms with Gasteiger partial charge in [-0.3, -0.25) is 9.36 Å². The number of nitrogens with zero attached hydrogens (tertiary/aromatic N) is 2. The summed E-state index contributed by atoms with van der Waals surface area (Å²) in [6, 6.07) is 20.0. The summed E-state index contributed by atoms with van der Waals surface area (Å²) in [4.78, 5) is 16.0. The molecule has 2 heterocycles. The minimum absolute atomic E-state index is 0.0758. The second-order valence-corrected chi connectivity index (χ2v) is 5.33. The summed E-state index contributed by atoms with van der Waals surface area (Å²) >= 11 is 0. The van der Waals surface area contributed by atoms with Crippen LogP contribution in [0.5, 0.6) is 0 Å². The summed E-state index contributed by atoms with van der Waals surface area (Å²) in [5.74, 6) is 0.0758. The number of aromatic nitrogens is 2. The molecule has 3 nitrogen and oxygen atoms in total. The predicted octanol–water partition coefficient (Wildman–Crippen LogP) is 4.38. The first kappa shape index (κ1) is 12.8. The number of fused-ring (bicyclic) bond motifs is 3. The van der Waals surface area contributed by atoms with Crippen molar-refractivity contribution in [2.45, 2.75) is 6.92 Å². The van der Waals surface area contributed by atoms with Crippen molar-refractivity contribution >= 4 is 27.7 Å². The average Bonchev–Trinajstić information content (AvgIpc) is 2.89. The molecule has 4 rings (SSSR count). The first-order valence-electron chi connectivity index (χ1n) is 7.21. The van der Waals surface area contributed by atoms with Crippen molar-refractivity contribution in [2.75, 3.05) is 0 Å².